The Bertz CT molecular complexity index is 1370. The molecule has 0 aliphatic carbocycles. The van der Waals surface area contributed by atoms with Gasteiger partial charge in [0, 0.05) is 38.3 Å². The summed E-state index contributed by atoms with van der Waals surface area (Å²) in [6.45, 7) is 2.70. The van der Waals surface area contributed by atoms with Crippen LogP contribution in [0.5, 0.6) is 0 Å². The fourth-order valence-corrected chi connectivity index (χ4v) is 5.74. The second-order valence-electron chi connectivity index (χ2n) is 9.01. The molecule has 0 spiro atoms. The molecule has 1 amide bonds. The van der Waals surface area contributed by atoms with E-state index in [1.54, 1.807) is 47.4 Å². The highest BCUT2D eigenvalue weighted by molar-refractivity contribution is 7.89. The van der Waals surface area contributed by atoms with Crippen molar-refractivity contribution in [2.24, 2.45) is 0 Å². The smallest absolute Gasteiger partial charge is 0.241 e. The first-order chi connectivity index (χ1) is 17.8. The number of carbonyl (C=O) groups is 1. The average Bonchev–Trinajstić information content (AvgIpc) is 2.92. The van der Waals surface area contributed by atoms with E-state index in [2.05, 4.69) is 9.62 Å². The summed E-state index contributed by atoms with van der Waals surface area (Å²) in [7, 11) is -2.60. The Labute approximate surface area is 217 Å². The van der Waals surface area contributed by atoms with Gasteiger partial charge in [0.1, 0.15) is 6.04 Å². The molecule has 1 atom stereocenters. The first-order valence-corrected chi connectivity index (χ1v) is 13.6. The summed E-state index contributed by atoms with van der Waals surface area (Å²) < 4.78 is 34.6. The predicted molar refractivity (Wildman–Crippen MR) is 142 cm³/mol. The Balaban J connectivity index is 1.61. The fourth-order valence-electron chi connectivity index (χ4n) is 4.52. The maximum Gasteiger partial charge on any atom is 0.241 e. The summed E-state index contributed by atoms with van der Waals surface area (Å²) in [6.07, 6.45) is 0.118. The number of carbonyl (C=O) groups excluding carboxylic acids is 1. The molecular weight excluding hydrogens is 492 g/mol. The molecule has 1 fully saturated rings. The molecule has 37 heavy (non-hydrogen) atoms. The van der Waals surface area contributed by atoms with Gasteiger partial charge in [-0.05, 0) is 47.0 Å². The number of nitrogens with zero attached hydrogens (tertiary/aromatic N) is 2. The van der Waals surface area contributed by atoms with Crippen LogP contribution in [0.4, 0.5) is 0 Å². The molecule has 3 aromatic carbocycles. The molecule has 0 aromatic heterocycles. The lowest BCUT2D eigenvalue weighted by atomic mass is 10.0. The number of aliphatic hydroxyl groups is 1. The number of methoxy groups -OCH3 is 1. The molecule has 3 N–H and O–H groups in total. The van der Waals surface area contributed by atoms with E-state index in [0.717, 1.165) is 10.8 Å². The van der Waals surface area contributed by atoms with Crippen LogP contribution < -0.4 is 4.72 Å². The highest BCUT2D eigenvalue weighted by Gasteiger charge is 2.31. The third-order valence-corrected chi connectivity index (χ3v) is 8.03. The number of β-amino-alcohol motifs (C(OH)–C–C–N with tert-alkyl or cyclic N) is 1. The lowest BCUT2D eigenvalue weighted by molar-refractivity contribution is -0.134. The van der Waals surface area contributed by atoms with Gasteiger partial charge in [-0.15, -0.1) is 0 Å². The van der Waals surface area contributed by atoms with E-state index in [1.807, 2.05) is 24.3 Å². The molecule has 1 aliphatic heterocycles. The highest BCUT2D eigenvalue weighted by atomic mass is 32.2. The van der Waals surface area contributed by atoms with Crippen molar-refractivity contribution >= 4 is 32.6 Å². The average molecular weight is 525 g/mol. The molecule has 1 saturated heterocycles. The van der Waals surface area contributed by atoms with E-state index in [4.69, 9.17) is 10.1 Å². The quantitative estimate of drug-likeness (QED) is 0.290. The molecule has 0 saturated carbocycles. The minimum atomic E-state index is -4.01. The molecule has 196 valence electrons. The first-order valence-electron chi connectivity index (χ1n) is 12.2. The van der Waals surface area contributed by atoms with E-state index in [-0.39, 0.29) is 29.7 Å². The number of nitrogens with one attached hydrogen (secondary N) is 2. The molecule has 9 nitrogen and oxygen atoms in total. The van der Waals surface area contributed by atoms with Gasteiger partial charge in [-0.3, -0.25) is 15.1 Å². The van der Waals surface area contributed by atoms with Gasteiger partial charge in [0.2, 0.25) is 21.8 Å². The Kier molecular flexibility index (Phi) is 8.55. The van der Waals surface area contributed by atoms with Gasteiger partial charge in [0.25, 0.3) is 0 Å². The van der Waals surface area contributed by atoms with Gasteiger partial charge in [0.15, 0.2) is 0 Å². The third kappa shape index (κ3) is 6.53. The highest BCUT2D eigenvalue weighted by Crippen LogP contribution is 2.20. The number of rotatable bonds is 9. The van der Waals surface area contributed by atoms with Crippen molar-refractivity contribution < 1.29 is 23.1 Å². The van der Waals surface area contributed by atoms with Crippen LogP contribution in [-0.2, 0) is 26.0 Å². The number of hydrogen-bond acceptors (Lipinski definition) is 7. The second kappa shape index (κ2) is 11.8. The molecular formula is C27H32N4O5S. The van der Waals surface area contributed by atoms with Gasteiger partial charge in [-0.1, -0.05) is 42.5 Å². The van der Waals surface area contributed by atoms with Gasteiger partial charge >= 0.3 is 0 Å². The van der Waals surface area contributed by atoms with Crippen molar-refractivity contribution in [3.05, 3.63) is 77.9 Å². The summed E-state index contributed by atoms with van der Waals surface area (Å²) in [5, 5.41) is 18.9. The van der Waals surface area contributed by atoms with Crippen molar-refractivity contribution in [3.63, 3.8) is 0 Å². The van der Waals surface area contributed by atoms with E-state index in [0.29, 0.717) is 43.9 Å². The standard InChI is InChI=1S/C27H32N4O5S/c1-36-26(28)23-8-4-5-20(17-23)18-25(27(33)31-13-11-30(12-14-31)15-16-32)29-37(34,35)24-10-9-21-6-2-3-7-22(21)19-24/h2-10,17,19,25,28-29,32H,11-16,18H2,1H3/t25-/m1/s1. The zero-order valence-corrected chi connectivity index (χ0v) is 21.6. The molecule has 4 rings (SSSR count). The summed E-state index contributed by atoms with van der Waals surface area (Å²) in [5.74, 6) is -0.318. The van der Waals surface area contributed by atoms with Crippen LogP contribution in [0.2, 0.25) is 0 Å². The number of fused-ring (bicyclic) bond motifs is 1. The van der Waals surface area contributed by atoms with Gasteiger partial charge in [-0.2, -0.15) is 4.72 Å². The normalized spacial score (nSPS) is 15.5. The maximum atomic E-state index is 13.6. The van der Waals surface area contributed by atoms with E-state index >= 15 is 0 Å². The Morgan fingerprint density at radius 3 is 2.46 bits per heavy atom. The molecule has 3 aromatic rings. The van der Waals surface area contributed by atoms with Crippen LogP contribution in [0.25, 0.3) is 10.8 Å². The molecule has 10 heteroatoms. The largest absolute Gasteiger partial charge is 0.481 e. The number of sulfonamides is 1. The Hall–Kier alpha value is -3.31. The van der Waals surface area contributed by atoms with Crippen LogP contribution in [-0.4, -0.2) is 87.6 Å². The van der Waals surface area contributed by atoms with Crippen LogP contribution in [0, 0.1) is 5.41 Å². The van der Waals surface area contributed by atoms with Crippen LogP contribution in [0.15, 0.2) is 71.6 Å². The van der Waals surface area contributed by atoms with Crippen LogP contribution in [0.3, 0.4) is 0 Å². The monoisotopic (exact) mass is 524 g/mol. The topological polar surface area (TPSA) is 123 Å². The summed E-state index contributed by atoms with van der Waals surface area (Å²) in [6, 6.07) is 18.4. The first kappa shape index (κ1) is 26.7. The number of aliphatic hydroxyl groups excluding tert-OH is 1. The summed E-state index contributed by atoms with van der Waals surface area (Å²) in [4.78, 5) is 17.5. The Morgan fingerprint density at radius 1 is 1.03 bits per heavy atom. The zero-order chi connectivity index (χ0) is 26.4. The molecule has 0 bridgehead atoms. The van der Waals surface area contributed by atoms with Crippen LogP contribution in [0.1, 0.15) is 11.1 Å². The SMILES string of the molecule is COC(=N)c1cccc(C[C@@H](NS(=O)(=O)c2ccc3ccccc3c2)C(=O)N2CCN(CCO)CC2)c1. The molecule has 1 heterocycles. The van der Waals surface area contributed by atoms with E-state index < -0.39 is 16.1 Å². The van der Waals surface area contributed by atoms with Crippen molar-refractivity contribution in [2.75, 3.05) is 46.4 Å². The lowest BCUT2D eigenvalue weighted by Gasteiger charge is -2.36. The van der Waals surface area contributed by atoms with Crippen molar-refractivity contribution in [3.8, 4) is 0 Å². The number of ether oxygens (including phenoxy) is 1. The molecule has 0 unspecified atom stereocenters. The Morgan fingerprint density at radius 2 is 1.76 bits per heavy atom. The predicted octanol–water partition coefficient (Wildman–Crippen LogP) is 1.84. The zero-order valence-electron chi connectivity index (χ0n) is 20.8. The lowest BCUT2D eigenvalue weighted by Crippen LogP contribution is -2.55. The minimum absolute atomic E-state index is 0.0125. The number of hydrogen-bond donors (Lipinski definition) is 3. The van der Waals surface area contributed by atoms with Gasteiger partial charge in [-0.25, -0.2) is 8.42 Å². The second-order valence-corrected chi connectivity index (χ2v) is 10.7. The summed E-state index contributed by atoms with van der Waals surface area (Å²) >= 11 is 0. The van der Waals surface area contributed by atoms with Crippen molar-refractivity contribution in [1.82, 2.24) is 14.5 Å². The number of benzene rings is 3. The van der Waals surface area contributed by atoms with Gasteiger partial charge in [0.05, 0.1) is 18.6 Å². The number of piperazine rings is 1. The van der Waals surface area contributed by atoms with Crippen molar-refractivity contribution in [2.45, 2.75) is 17.4 Å². The maximum absolute atomic E-state index is 13.6. The van der Waals surface area contributed by atoms with Crippen molar-refractivity contribution in [1.29, 1.82) is 5.41 Å². The van der Waals surface area contributed by atoms with E-state index in [1.165, 1.54) is 7.11 Å². The fraction of sp³-hybridized carbons (Fsp3) is 0.333. The van der Waals surface area contributed by atoms with Gasteiger partial charge < -0.3 is 14.7 Å². The summed E-state index contributed by atoms with van der Waals surface area (Å²) in [5.41, 5.74) is 1.25. The number of amides is 1. The van der Waals surface area contributed by atoms with E-state index in [9.17, 15) is 18.3 Å². The minimum Gasteiger partial charge on any atom is -0.481 e. The molecule has 0 radical (unpaired) electrons. The molecule has 1 aliphatic rings. The third-order valence-electron chi connectivity index (χ3n) is 6.56. The van der Waals surface area contributed by atoms with Crippen LogP contribution >= 0.6 is 0 Å².